The number of aromatic nitrogens is 2. The van der Waals surface area contributed by atoms with Crippen LogP contribution in [-0.4, -0.2) is 21.6 Å². The summed E-state index contributed by atoms with van der Waals surface area (Å²) in [4.78, 5) is 2.46. The zero-order valence-corrected chi connectivity index (χ0v) is 11.3. The fourth-order valence-electron chi connectivity index (χ4n) is 2.73. The van der Waals surface area contributed by atoms with Crippen molar-refractivity contribution in [3.05, 3.63) is 52.8 Å². The predicted octanol–water partition coefficient (Wildman–Crippen LogP) is 1.99. The molecule has 1 atom stereocenters. The van der Waals surface area contributed by atoms with E-state index in [0.717, 1.165) is 31.7 Å². The Morgan fingerprint density at radius 1 is 1.37 bits per heavy atom. The number of hydrogen-bond acceptors (Lipinski definition) is 3. The third-order valence-electron chi connectivity index (χ3n) is 3.72. The van der Waals surface area contributed by atoms with Crippen molar-refractivity contribution < 1.29 is 0 Å². The zero-order chi connectivity index (χ0) is 13.2. The highest BCUT2D eigenvalue weighted by Crippen LogP contribution is 2.24. The highest BCUT2D eigenvalue weighted by molar-refractivity contribution is 5.29. The molecular weight excluding hydrogens is 236 g/mol. The molecule has 0 radical (unpaired) electrons. The van der Waals surface area contributed by atoms with Gasteiger partial charge in [-0.05, 0) is 12.5 Å². The molecule has 4 heteroatoms. The van der Waals surface area contributed by atoms with E-state index in [1.165, 1.54) is 16.8 Å². The molecule has 1 aliphatic heterocycles. The third kappa shape index (κ3) is 2.55. The Morgan fingerprint density at radius 2 is 2.16 bits per heavy atom. The minimum Gasteiger partial charge on any atom is -0.323 e. The summed E-state index contributed by atoms with van der Waals surface area (Å²) in [6, 6.07) is 10.6. The molecule has 1 aromatic heterocycles. The molecule has 19 heavy (non-hydrogen) atoms. The van der Waals surface area contributed by atoms with Gasteiger partial charge in [0.05, 0.1) is 5.69 Å². The van der Waals surface area contributed by atoms with Gasteiger partial charge in [0.2, 0.25) is 0 Å². The minimum absolute atomic E-state index is 0.00308. The molecule has 1 unspecified atom stereocenters. The normalized spacial score (nSPS) is 17.2. The summed E-state index contributed by atoms with van der Waals surface area (Å²) in [6.45, 7) is 5.00. The minimum atomic E-state index is -0.00308. The smallest absolute Gasteiger partial charge is 0.0834 e. The molecule has 3 rings (SSSR count). The number of nitrogens with zero attached hydrogens (tertiary/aromatic N) is 2. The summed E-state index contributed by atoms with van der Waals surface area (Å²) in [7, 11) is 0. The maximum atomic E-state index is 5.98. The van der Waals surface area contributed by atoms with E-state index in [1.807, 2.05) is 6.92 Å². The van der Waals surface area contributed by atoms with Gasteiger partial charge in [-0.1, -0.05) is 30.3 Å². The molecule has 2 heterocycles. The van der Waals surface area contributed by atoms with E-state index in [0.29, 0.717) is 0 Å². The maximum Gasteiger partial charge on any atom is 0.0834 e. The Bertz CT molecular complexity index is 545. The van der Waals surface area contributed by atoms with Crippen LogP contribution in [0.15, 0.2) is 30.3 Å². The van der Waals surface area contributed by atoms with Gasteiger partial charge in [-0.2, -0.15) is 5.10 Å². The van der Waals surface area contributed by atoms with Gasteiger partial charge in [0, 0.05) is 43.4 Å². The van der Waals surface area contributed by atoms with Crippen LogP contribution in [-0.2, 0) is 19.5 Å². The van der Waals surface area contributed by atoms with Crippen molar-refractivity contribution >= 4 is 0 Å². The van der Waals surface area contributed by atoms with Crippen LogP contribution < -0.4 is 5.73 Å². The van der Waals surface area contributed by atoms with Crippen LogP contribution in [0.2, 0.25) is 0 Å². The van der Waals surface area contributed by atoms with Crippen LogP contribution in [0.5, 0.6) is 0 Å². The molecule has 100 valence electrons. The molecular formula is C15H20N4. The van der Waals surface area contributed by atoms with E-state index in [9.17, 15) is 0 Å². The van der Waals surface area contributed by atoms with E-state index < -0.39 is 0 Å². The van der Waals surface area contributed by atoms with Gasteiger partial charge >= 0.3 is 0 Å². The number of H-pyrrole nitrogens is 1. The quantitative estimate of drug-likeness (QED) is 0.883. The average molecular weight is 256 g/mol. The zero-order valence-electron chi connectivity index (χ0n) is 11.3. The molecule has 0 amide bonds. The van der Waals surface area contributed by atoms with E-state index >= 15 is 0 Å². The van der Waals surface area contributed by atoms with Crippen molar-refractivity contribution in [1.82, 2.24) is 15.1 Å². The van der Waals surface area contributed by atoms with Crippen LogP contribution in [0.25, 0.3) is 0 Å². The number of aromatic amines is 1. The lowest BCUT2D eigenvalue weighted by atomic mass is 10.0. The third-order valence-corrected chi connectivity index (χ3v) is 3.72. The highest BCUT2D eigenvalue weighted by Gasteiger charge is 2.23. The molecule has 0 spiro atoms. The Kier molecular flexibility index (Phi) is 3.36. The predicted molar refractivity (Wildman–Crippen MR) is 75.5 cm³/mol. The molecule has 0 fully saturated rings. The van der Waals surface area contributed by atoms with Gasteiger partial charge < -0.3 is 5.73 Å². The Morgan fingerprint density at radius 3 is 2.89 bits per heavy atom. The van der Waals surface area contributed by atoms with E-state index in [-0.39, 0.29) is 6.04 Å². The van der Waals surface area contributed by atoms with Crippen molar-refractivity contribution in [2.45, 2.75) is 32.5 Å². The summed E-state index contributed by atoms with van der Waals surface area (Å²) < 4.78 is 0. The molecule has 0 saturated heterocycles. The van der Waals surface area contributed by atoms with Gasteiger partial charge in [0.15, 0.2) is 0 Å². The van der Waals surface area contributed by atoms with Crippen LogP contribution in [0.1, 0.15) is 35.5 Å². The Hall–Kier alpha value is -1.65. The first-order chi connectivity index (χ1) is 9.24. The average Bonchev–Trinajstić information content (AvgIpc) is 2.83. The summed E-state index contributed by atoms with van der Waals surface area (Å²) >= 11 is 0. The maximum absolute atomic E-state index is 5.98. The van der Waals surface area contributed by atoms with Gasteiger partial charge in [-0.25, -0.2) is 0 Å². The Balaban J connectivity index is 1.76. The second-order valence-electron chi connectivity index (χ2n) is 5.30. The summed E-state index contributed by atoms with van der Waals surface area (Å²) in [6.07, 6.45) is 1.03. The number of rotatable bonds is 3. The van der Waals surface area contributed by atoms with Gasteiger partial charge in [0.1, 0.15) is 0 Å². The van der Waals surface area contributed by atoms with Crippen LogP contribution >= 0.6 is 0 Å². The lowest BCUT2D eigenvalue weighted by molar-refractivity contribution is 0.243. The van der Waals surface area contributed by atoms with E-state index in [4.69, 9.17) is 5.73 Å². The van der Waals surface area contributed by atoms with Crippen molar-refractivity contribution in [2.75, 3.05) is 6.54 Å². The van der Waals surface area contributed by atoms with E-state index in [2.05, 4.69) is 45.4 Å². The molecule has 4 nitrogen and oxygen atoms in total. The number of hydrogen-bond donors (Lipinski definition) is 2. The lowest BCUT2D eigenvalue weighted by Gasteiger charge is -2.27. The number of nitrogens with two attached hydrogens (primary N) is 1. The van der Waals surface area contributed by atoms with Crippen molar-refractivity contribution in [3.8, 4) is 0 Å². The number of fused-ring (bicyclic) bond motifs is 1. The fourth-order valence-corrected chi connectivity index (χ4v) is 2.73. The lowest BCUT2D eigenvalue weighted by Crippen LogP contribution is -2.30. The van der Waals surface area contributed by atoms with Gasteiger partial charge in [0.25, 0.3) is 0 Å². The highest BCUT2D eigenvalue weighted by atomic mass is 15.2. The summed E-state index contributed by atoms with van der Waals surface area (Å²) in [5.41, 5.74) is 10.9. The van der Waals surface area contributed by atoms with Crippen molar-refractivity contribution in [1.29, 1.82) is 0 Å². The topological polar surface area (TPSA) is 57.9 Å². The first kappa shape index (κ1) is 12.4. The monoisotopic (exact) mass is 256 g/mol. The molecule has 0 saturated carbocycles. The van der Waals surface area contributed by atoms with Gasteiger partial charge in [-0.15, -0.1) is 0 Å². The first-order valence-corrected chi connectivity index (χ1v) is 6.82. The SMILES string of the molecule is CC(N)c1n[nH]c2c1CN(Cc1ccccc1)CC2. The molecule has 0 bridgehead atoms. The fraction of sp³-hybridized carbons (Fsp3) is 0.400. The molecule has 2 aromatic rings. The summed E-state index contributed by atoms with van der Waals surface area (Å²) in [5.74, 6) is 0. The van der Waals surface area contributed by atoms with Crippen LogP contribution in [0.4, 0.5) is 0 Å². The molecule has 1 aliphatic rings. The van der Waals surface area contributed by atoms with Crippen molar-refractivity contribution in [2.24, 2.45) is 5.73 Å². The Labute approximate surface area is 113 Å². The largest absolute Gasteiger partial charge is 0.323 e. The first-order valence-electron chi connectivity index (χ1n) is 6.82. The van der Waals surface area contributed by atoms with E-state index in [1.54, 1.807) is 0 Å². The number of nitrogens with one attached hydrogen (secondary N) is 1. The summed E-state index contributed by atoms with van der Waals surface area (Å²) in [5, 5.41) is 7.50. The van der Waals surface area contributed by atoms with Crippen molar-refractivity contribution in [3.63, 3.8) is 0 Å². The second-order valence-corrected chi connectivity index (χ2v) is 5.30. The standard InChI is InChI=1S/C15H20N4/c1-11(16)15-13-10-19(8-7-14(13)17-18-15)9-12-5-3-2-4-6-12/h2-6,11H,7-10,16H2,1H3,(H,17,18). The molecule has 3 N–H and O–H groups in total. The second kappa shape index (κ2) is 5.15. The number of benzene rings is 1. The molecule has 1 aromatic carbocycles. The molecule has 0 aliphatic carbocycles. The van der Waals surface area contributed by atoms with Gasteiger partial charge in [-0.3, -0.25) is 10.00 Å². The van der Waals surface area contributed by atoms with Crippen LogP contribution in [0.3, 0.4) is 0 Å². The van der Waals surface area contributed by atoms with Crippen LogP contribution in [0, 0.1) is 0 Å².